The highest BCUT2D eigenvalue weighted by Gasteiger charge is 2.28. The van der Waals surface area contributed by atoms with E-state index in [0.29, 0.717) is 5.41 Å². The summed E-state index contributed by atoms with van der Waals surface area (Å²) in [5.41, 5.74) is 1.85. The second kappa shape index (κ2) is 5.38. The molecule has 94 valence electrons. The maximum absolute atomic E-state index is 4.27. The van der Waals surface area contributed by atoms with Crippen LogP contribution >= 0.6 is 0 Å². The van der Waals surface area contributed by atoms with Crippen LogP contribution in [0.15, 0.2) is 12.2 Å². The molecule has 1 fully saturated rings. The minimum absolute atomic E-state index is 0.399. The van der Waals surface area contributed by atoms with Crippen molar-refractivity contribution in [2.24, 2.45) is 23.2 Å². The van der Waals surface area contributed by atoms with Gasteiger partial charge in [-0.1, -0.05) is 66.0 Å². The van der Waals surface area contributed by atoms with Gasteiger partial charge in [-0.05, 0) is 36.0 Å². The Kier molecular flexibility index (Phi) is 4.64. The van der Waals surface area contributed by atoms with Crippen molar-refractivity contribution in [2.75, 3.05) is 0 Å². The van der Waals surface area contributed by atoms with Crippen molar-refractivity contribution in [3.05, 3.63) is 12.2 Å². The summed E-state index contributed by atoms with van der Waals surface area (Å²) in [5.74, 6) is 2.73. The molecule has 0 amide bonds. The number of rotatable bonds is 5. The lowest BCUT2D eigenvalue weighted by Crippen LogP contribution is -2.25. The molecule has 0 nitrogen and oxygen atoms in total. The molecule has 0 bridgehead atoms. The zero-order valence-corrected chi connectivity index (χ0v) is 12.0. The van der Waals surface area contributed by atoms with E-state index in [1.165, 1.54) is 37.7 Å². The summed E-state index contributed by atoms with van der Waals surface area (Å²) in [6.45, 7) is 16.0. The van der Waals surface area contributed by atoms with Gasteiger partial charge in [-0.25, -0.2) is 0 Å². The fraction of sp³-hybridized carbons (Fsp3) is 0.875. The van der Waals surface area contributed by atoms with Crippen LogP contribution in [0.1, 0.15) is 66.7 Å². The van der Waals surface area contributed by atoms with E-state index in [2.05, 4.69) is 41.2 Å². The Hall–Kier alpha value is -0.260. The molecule has 2 atom stereocenters. The van der Waals surface area contributed by atoms with Crippen molar-refractivity contribution < 1.29 is 0 Å². The Labute approximate surface area is 103 Å². The quantitative estimate of drug-likeness (QED) is 0.543. The first-order valence-corrected chi connectivity index (χ1v) is 6.96. The average molecular weight is 222 g/mol. The van der Waals surface area contributed by atoms with Gasteiger partial charge in [0, 0.05) is 0 Å². The smallest absolute Gasteiger partial charge is 0.0274 e. The largest absolute Gasteiger partial charge is 0.0998 e. The minimum atomic E-state index is 0.399. The van der Waals surface area contributed by atoms with Crippen LogP contribution in [0, 0.1) is 23.2 Å². The van der Waals surface area contributed by atoms with E-state index in [4.69, 9.17) is 0 Å². The van der Waals surface area contributed by atoms with E-state index in [0.717, 1.165) is 17.8 Å². The summed E-state index contributed by atoms with van der Waals surface area (Å²) in [5, 5.41) is 0. The molecule has 0 aromatic heterocycles. The number of allylic oxidation sites excluding steroid dienone is 1. The van der Waals surface area contributed by atoms with Gasteiger partial charge in [0.15, 0.2) is 0 Å². The standard InChI is InChI=1S/C16H30/c1-12(11-16(4,5)6)10-13(2)14(3)15-8-7-9-15/h13-15H,1,7-11H2,2-6H3/t13-,14+/m1/s1. The van der Waals surface area contributed by atoms with Crippen molar-refractivity contribution in [2.45, 2.75) is 66.7 Å². The van der Waals surface area contributed by atoms with E-state index in [-0.39, 0.29) is 0 Å². The van der Waals surface area contributed by atoms with Crippen molar-refractivity contribution in [1.82, 2.24) is 0 Å². The van der Waals surface area contributed by atoms with Crippen LogP contribution in [0.25, 0.3) is 0 Å². The lowest BCUT2D eigenvalue weighted by atomic mass is 9.70. The maximum Gasteiger partial charge on any atom is -0.0274 e. The molecule has 1 saturated carbocycles. The lowest BCUT2D eigenvalue weighted by molar-refractivity contribution is 0.165. The van der Waals surface area contributed by atoms with E-state index in [1.54, 1.807) is 0 Å². The van der Waals surface area contributed by atoms with Crippen LogP contribution in [0.3, 0.4) is 0 Å². The second-order valence-electron chi connectivity index (χ2n) is 7.22. The summed E-state index contributed by atoms with van der Waals surface area (Å²) < 4.78 is 0. The topological polar surface area (TPSA) is 0 Å². The first kappa shape index (κ1) is 13.8. The van der Waals surface area contributed by atoms with Gasteiger partial charge < -0.3 is 0 Å². The molecule has 1 aliphatic rings. The van der Waals surface area contributed by atoms with Gasteiger partial charge in [-0.2, -0.15) is 0 Å². The van der Waals surface area contributed by atoms with Crippen molar-refractivity contribution in [1.29, 1.82) is 0 Å². The monoisotopic (exact) mass is 222 g/mol. The number of hydrogen-bond acceptors (Lipinski definition) is 0. The highest BCUT2D eigenvalue weighted by Crippen LogP contribution is 2.39. The first-order chi connectivity index (χ1) is 7.29. The van der Waals surface area contributed by atoms with E-state index < -0.39 is 0 Å². The molecule has 0 N–H and O–H groups in total. The summed E-state index contributed by atoms with van der Waals surface area (Å²) in [4.78, 5) is 0. The molecule has 1 aliphatic carbocycles. The molecule has 0 aliphatic heterocycles. The molecular weight excluding hydrogens is 192 g/mol. The third-order valence-corrected chi connectivity index (χ3v) is 4.18. The minimum Gasteiger partial charge on any atom is -0.0998 e. The molecule has 0 radical (unpaired) electrons. The molecule has 0 aromatic carbocycles. The molecule has 16 heavy (non-hydrogen) atoms. The molecular formula is C16H30. The summed E-state index contributed by atoms with van der Waals surface area (Å²) in [7, 11) is 0. The Balaban J connectivity index is 2.32. The third kappa shape index (κ3) is 4.31. The van der Waals surface area contributed by atoms with Crippen LogP contribution < -0.4 is 0 Å². The van der Waals surface area contributed by atoms with Crippen molar-refractivity contribution in [3.63, 3.8) is 0 Å². The number of hydrogen-bond donors (Lipinski definition) is 0. The van der Waals surface area contributed by atoms with Crippen LogP contribution in [0.2, 0.25) is 0 Å². The highest BCUT2D eigenvalue weighted by atomic mass is 14.3. The lowest BCUT2D eigenvalue weighted by Gasteiger charge is -2.36. The average Bonchev–Trinajstić information content (AvgIpc) is 1.96. The van der Waals surface area contributed by atoms with E-state index in [1.807, 2.05) is 0 Å². The first-order valence-electron chi connectivity index (χ1n) is 6.96. The molecule has 0 heterocycles. The van der Waals surface area contributed by atoms with Crippen molar-refractivity contribution in [3.8, 4) is 0 Å². The summed E-state index contributed by atoms with van der Waals surface area (Å²) in [6.07, 6.45) is 6.81. The fourth-order valence-electron chi connectivity index (χ4n) is 2.89. The van der Waals surface area contributed by atoms with Gasteiger partial charge in [0.25, 0.3) is 0 Å². The Morgan fingerprint density at radius 1 is 1.25 bits per heavy atom. The van der Waals surface area contributed by atoms with Crippen LogP contribution in [0.5, 0.6) is 0 Å². The zero-order chi connectivity index (χ0) is 12.3. The van der Waals surface area contributed by atoms with Gasteiger partial charge in [0.2, 0.25) is 0 Å². The Morgan fingerprint density at radius 3 is 2.19 bits per heavy atom. The molecule has 0 spiro atoms. The predicted molar refractivity (Wildman–Crippen MR) is 73.5 cm³/mol. The molecule has 0 heteroatoms. The summed E-state index contributed by atoms with van der Waals surface area (Å²) >= 11 is 0. The fourth-order valence-corrected chi connectivity index (χ4v) is 2.89. The summed E-state index contributed by atoms with van der Waals surface area (Å²) in [6, 6.07) is 0. The molecule has 0 saturated heterocycles. The maximum atomic E-state index is 4.27. The van der Waals surface area contributed by atoms with Crippen LogP contribution in [-0.2, 0) is 0 Å². The van der Waals surface area contributed by atoms with Gasteiger partial charge in [-0.3, -0.25) is 0 Å². The van der Waals surface area contributed by atoms with Gasteiger partial charge in [-0.15, -0.1) is 0 Å². The van der Waals surface area contributed by atoms with Crippen molar-refractivity contribution >= 4 is 0 Å². The Bertz CT molecular complexity index is 227. The second-order valence-corrected chi connectivity index (χ2v) is 7.22. The van der Waals surface area contributed by atoms with E-state index in [9.17, 15) is 0 Å². The molecule has 0 unspecified atom stereocenters. The zero-order valence-electron chi connectivity index (χ0n) is 12.0. The predicted octanol–water partition coefficient (Wildman–Crippen LogP) is 5.44. The SMILES string of the molecule is C=C(C[C@@H](C)[C@H](C)C1CCC1)CC(C)(C)C. The van der Waals surface area contributed by atoms with E-state index >= 15 is 0 Å². The van der Waals surface area contributed by atoms with Crippen LogP contribution in [0.4, 0.5) is 0 Å². The highest BCUT2D eigenvalue weighted by molar-refractivity contribution is 4.99. The molecule has 0 aromatic rings. The Morgan fingerprint density at radius 2 is 1.81 bits per heavy atom. The van der Waals surface area contributed by atoms with Gasteiger partial charge >= 0.3 is 0 Å². The molecule has 1 rings (SSSR count). The van der Waals surface area contributed by atoms with Gasteiger partial charge in [0.05, 0.1) is 0 Å². The normalized spacial score (nSPS) is 21.3. The van der Waals surface area contributed by atoms with Gasteiger partial charge in [0.1, 0.15) is 0 Å². The third-order valence-electron chi connectivity index (χ3n) is 4.18. The van der Waals surface area contributed by atoms with Crippen LogP contribution in [-0.4, -0.2) is 0 Å².